The molecular formula is C39H43Cl3N8O5P2. The summed E-state index contributed by atoms with van der Waals surface area (Å²) >= 11 is 13.8. The lowest BCUT2D eigenvalue weighted by Crippen LogP contribution is -2.19. The van der Waals surface area contributed by atoms with E-state index in [2.05, 4.69) is 81.5 Å². The first-order valence-electron chi connectivity index (χ1n) is 17.7. The second kappa shape index (κ2) is 22.9. The number of hydrogen-bond acceptors (Lipinski definition) is 9. The molecule has 7 aromatic rings. The van der Waals surface area contributed by atoms with Gasteiger partial charge in [-0.2, -0.15) is 4.98 Å². The number of carbonyl (C=O) groups excluding carboxylic acids is 1. The molecule has 13 nitrogen and oxygen atoms in total. The summed E-state index contributed by atoms with van der Waals surface area (Å²) in [5.41, 5.74) is 6.03. The number of rotatable bonds is 12. The largest absolute Gasteiger partial charge is 0.435 e. The standard InChI is InChI=1S/C17H14N4.C11H16N3O3P.C11H13NO.Cl3OP/c1-2-6-13(7-3-1)12-18-16-10-11-21-15-9-5-4-8-14(15)19-17(21)20-16;1-3-16-18(15,17-4-2)14-11-12-9-7-5-6-8-10(9)13-11;1-2-6-11(13)12-9-10-7-4-3-5-8-10;1-5(2,3)4/h1-11H,12H2,(H,18,19,20);5-8H,3-4H2,1-2H3,(H2,12,13,14,15);2-8H,9H2,1H3,(H,12,13);/b;;6-2+;. The molecule has 3 aromatic heterocycles. The first kappa shape index (κ1) is 45.0. The Hall–Kier alpha value is -4.71. The van der Waals surface area contributed by atoms with E-state index in [9.17, 15) is 13.9 Å². The van der Waals surface area contributed by atoms with E-state index in [4.69, 9.17) is 9.05 Å². The number of hydrogen-bond donors (Lipinski definition) is 4. The summed E-state index contributed by atoms with van der Waals surface area (Å²) in [4.78, 5) is 27.4. The molecule has 0 atom stereocenters. The average molecular weight is 872 g/mol. The smallest absolute Gasteiger partial charge is 0.366 e. The van der Waals surface area contributed by atoms with Gasteiger partial charge < -0.3 is 15.6 Å². The summed E-state index contributed by atoms with van der Waals surface area (Å²) in [6.45, 7) is 7.27. The summed E-state index contributed by atoms with van der Waals surface area (Å²) in [6, 6.07) is 37.7. The van der Waals surface area contributed by atoms with Gasteiger partial charge in [0.25, 0.3) is 0 Å². The minimum absolute atomic E-state index is 0.0497. The fourth-order valence-electron chi connectivity index (χ4n) is 5.01. The summed E-state index contributed by atoms with van der Waals surface area (Å²) in [5.74, 6) is 1.88. The van der Waals surface area contributed by atoms with E-state index >= 15 is 0 Å². The maximum Gasteiger partial charge on any atom is 0.435 e. The molecule has 0 fully saturated rings. The lowest BCUT2D eigenvalue weighted by Gasteiger charge is -2.16. The Labute approximate surface area is 345 Å². The lowest BCUT2D eigenvalue weighted by molar-refractivity contribution is -0.116. The van der Waals surface area contributed by atoms with Gasteiger partial charge in [0.1, 0.15) is 5.82 Å². The van der Waals surface area contributed by atoms with Crippen LogP contribution in [0.1, 0.15) is 31.9 Å². The van der Waals surface area contributed by atoms with E-state index in [1.165, 1.54) is 11.6 Å². The Morgan fingerprint density at radius 1 is 0.754 bits per heavy atom. The van der Waals surface area contributed by atoms with Gasteiger partial charge in [0.05, 0.1) is 35.3 Å². The third kappa shape index (κ3) is 16.0. The highest BCUT2D eigenvalue weighted by atomic mass is 36.0. The van der Waals surface area contributed by atoms with E-state index in [0.29, 0.717) is 31.5 Å². The van der Waals surface area contributed by atoms with Gasteiger partial charge >= 0.3 is 12.9 Å². The van der Waals surface area contributed by atoms with Gasteiger partial charge in [-0.3, -0.25) is 27.9 Å². The van der Waals surface area contributed by atoms with Crippen LogP contribution in [0.25, 0.3) is 27.8 Å². The molecule has 0 aliphatic carbocycles. The molecule has 4 aromatic carbocycles. The maximum absolute atomic E-state index is 12.2. The van der Waals surface area contributed by atoms with Crippen molar-refractivity contribution >= 4 is 92.2 Å². The molecule has 0 aliphatic heterocycles. The summed E-state index contributed by atoms with van der Waals surface area (Å²) in [5, 5.41) is 5.58. The van der Waals surface area contributed by atoms with E-state index in [1.54, 1.807) is 19.9 Å². The first-order chi connectivity index (χ1) is 27.4. The molecule has 0 aliphatic rings. The van der Waals surface area contributed by atoms with Gasteiger partial charge in [0.2, 0.25) is 17.6 Å². The fraction of sp³-hybridized carbons (Fsp3) is 0.179. The van der Waals surface area contributed by atoms with Crippen LogP contribution in [0.15, 0.2) is 134 Å². The zero-order valence-electron chi connectivity index (χ0n) is 31.4. The van der Waals surface area contributed by atoms with Gasteiger partial charge in [0, 0.05) is 19.3 Å². The quantitative estimate of drug-likeness (QED) is 0.0686. The zero-order valence-corrected chi connectivity index (χ0v) is 35.4. The highest BCUT2D eigenvalue weighted by Gasteiger charge is 2.25. The molecule has 0 bridgehead atoms. The van der Waals surface area contributed by atoms with Crippen molar-refractivity contribution in [3.8, 4) is 0 Å². The number of aromatic amines is 1. The minimum Gasteiger partial charge on any atom is -0.366 e. The lowest BCUT2D eigenvalue weighted by atomic mass is 10.2. The highest BCUT2D eigenvalue weighted by Crippen LogP contribution is 2.61. The number of benzene rings is 4. The monoisotopic (exact) mass is 870 g/mol. The number of allylic oxidation sites excluding steroid dienone is 1. The second-order valence-electron chi connectivity index (χ2n) is 11.6. The Kier molecular flexibility index (Phi) is 18.1. The van der Waals surface area contributed by atoms with Crippen molar-refractivity contribution < 1.29 is 23.0 Å². The van der Waals surface area contributed by atoms with Gasteiger partial charge in [-0.25, -0.2) is 14.5 Å². The van der Waals surface area contributed by atoms with Crippen LogP contribution in [0.2, 0.25) is 0 Å². The molecule has 18 heteroatoms. The topological polar surface area (TPSA) is 165 Å². The van der Waals surface area contributed by atoms with Crippen molar-refractivity contribution in [2.75, 3.05) is 23.6 Å². The number of carbonyl (C=O) groups is 1. The molecule has 0 radical (unpaired) electrons. The van der Waals surface area contributed by atoms with Crippen molar-refractivity contribution in [2.24, 2.45) is 0 Å². The molecule has 4 N–H and O–H groups in total. The van der Waals surface area contributed by atoms with Crippen molar-refractivity contribution in [3.05, 3.63) is 145 Å². The Morgan fingerprint density at radius 2 is 1.32 bits per heavy atom. The van der Waals surface area contributed by atoms with Gasteiger partial charge in [-0.05, 0) is 102 Å². The number of aromatic nitrogens is 5. The fourth-order valence-corrected chi connectivity index (χ4v) is 6.26. The SMILES string of the molecule is C/C=C/C(=O)NCc1ccccc1.CCOP(=O)(Nc1nc2ccccc2[nH]1)OCC.O=P(Cl)(Cl)Cl.c1ccc(CNc2ccn3c(n2)nc2ccccc23)cc1. The third-order valence-corrected chi connectivity index (χ3v) is 9.04. The van der Waals surface area contributed by atoms with E-state index in [-0.39, 0.29) is 5.91 Å². The number of nitrogens with one attached hydrogen (secondary N) is 4. The van der Waals surface area contributed by atoms with Gasteiger partial charge in [0.15, 0.2) is 0 Å². The Morgan fingerprint density at radius 3 is 1.91 bits per heavy atom. The molecule has 57 heavy (non-hydrogen) atoms. The normalized spacial score (nSPS) is 11.2. The predicted molar refractivity (Wildman–Crippen MR) is 233 cm³/mol. The molecule has 7 rings (SSSR count). The number of nitrogens with zero attached hydrogens (tertiary/aromatic N) is 4. The van der Waals surface area contributed by atoms with Crippen LogP contribution < -0.4 is 15.7 Å². The molecule has 0 unspecified atom stereocenters. The summed E-state index contributed by atoms with van der Waals surface area (Å²) < 4.78 is 34.0. The number of fused-ring (bicyclic) bond motifs is 4. The van der Waals surface area contributed by atoms with Crippen LogP contribution in [-0.2, 0) is 36.1 Å². The summed E-state index contributed by atoms with van der Waals surface area (Å²) in [7, 11) is -3.34. The van der Waals surface area contributed by atoms with Crippen LogP contribution in [0.4, 0.5) is 11.8 Å². The Balaban J connectivity index is 0.000000183. The summed E-state index contributed by atoms with van der Waals surface area (Å²) in [6.07, 6.45) is 5.24. The first-order valence-corrected chi connectivity index (χ1v) is 23.6. The predicted octanol–water partition coefficient (Wildman–Crippen LogP) is 11.3. The molecular weight excluding hydrogens is 829 g/mol. The number of halogens is 3. The molecule has 300 valence electrons. The third-order valence-electron chi connectivity index (χ3n) is 7.35. The van der Waals surface area contributed by atoms with E-state index < -0.39 is 12.9 Å². The zero-order chi connectivity index (χ0) is 41.1. The maximum atomic E-state index is 12.2. The van der Waals surface area contributed by atoms with Crippen LogP contribution >= 0.6 is 46.7 Å². The molecule has 1 amide bonds. The molecule has 0 spiro atoms. The van der Waals surface area contributed by atoms with Crippen molar-refractivity contribution in [2.45, 2.75) is 33.9 Å². The van der Waals surface area contributed by atoms with E-state index in [1.807, 2.05) is 121 Å². The molecule has 0 saturated carbocycles. The van der Waals surface area contributed by atoms with Crippen LogP contribution in [-0.4, -0.2) is 43.5 Å². The minimum atomic E-state index is -3.34. The molecule has 3 heterocycles. The second-order valence-corrected chi connectivity index (χ2v) is 19.9. The van der Waals surface area contributed by atoms with Gasteiger partial charge in [-0.1, -0.05) is 91.0 Å². The number of amides is 1. The van der Waals surface area contributed by atoms with Crippen LogP contribution in [0.5, 0.6) is 0 Å². The molecule has 0 saturated heterocycles. The Bertz CT molecular complexity index is 2380. The van der Waals surface area contributed by atoms with E-state index in [0.717, 1.165) is 40.0 Å². The average Bonchev–Trinajstić information content (AvgIpc) is 3.77. The number of para-hydroxylation sites is 4. The highest BCUT2D eigenvalue weighted by molar-refractivity contribution is 8.24. The van der Waals surface area contributed by atoms with Crippen LogP contribution in [0.3, 0.4) is 0 Å². The van der Waals surface area contributed by atoms with Crippen molar-refractivity contribution in [3.63, 3.8) is 0 Å². The van der Waals surface area contributed by atoms with Gasteiger partial charge in [-0.15, -0.1) is 0 Å². The van der Waals surface area contributed by atoms with Crippen molar-refractivity contribution in [1.29, 1.82) is 0 Å². The number of H-pyrrole nitrogens is 1. The number of imidazole rings is 2. The van der Waals surface area contributed by atoms with Crippen LogP contribution in [0, 0.1) is 0 Å². The number of anilines is 2. The van der Waals surface area contributed by atoms with Crippen molar-refractivity contribution in [1.82, 2.24) is 29.7 Å².